The van der Waals surface area contributed by atoms with E-state index in [0.29, 0.717) is 24.5 Å². The molecule has 0 bridgehead atoms. The van der Waals surface area contributed by atoms with E-state index in [1.165, 1.54) is 6.07 Å². The summed E-state index contributed by atoms with van der Waals surface area (Å²) in [4.78, 5) is 18.6. The van der Waals surface area contributed by atoms with Gasteiger partial charge in [-0.1, -0.05) is 23.7 Å². The largest absolute Gasteiger partial charge is 0.337 e. The monoisotopic (exact) mass is 421 g/mol. The van der Waals surface area contributed by atoms with Gasteiger partial charge < -0.3 is 4.90 Å². The molecule has 1 saturated heterocycles. The second kappa shape index (κ2) is 7.20. The summed E-state index contributed by atoms with van der Waals surface area (Å²) in [5.41, 5.74) is 1.72. The van der Waals surface area contributed by atoms with Crippen LogP contribution in [0.2, 0.25) is 5.02 Å². The number of nitrogens with zero attached hydrogens (tertiary/aromatic N) is 2. The van der Waals surface area contributed by atoms with Crippen molar-refractivity contribution in [3.05, 3.63) is 58.6 Å². The number of fused-ring (bicyclic) bond motifs is 1. The molecule has 0 radical (unpaired) electrons. The molecule has 140 valence electrons. The van der Waals surface area contributed by atoms with Gasteiger partial charge in [0.15, 0.2) is 0 Å². The van der Waals surface area contributed by atoms with Gasteiger partial charge in [0.2, 0.25) is 5.91 Å². The minimum absolute atomic E-state index is 0.213. The van der Waals surface area contributed by atoms with Gasteiger partial charge in [-0.05, 0) is 41.6 Å². The summed E-state index contributed by atoms with van der Waals surface area (Å²) >= 11 is 7.35. The molecule has 3 heterocycles. The first kappa shape index (κ1) is 18.4. The van der Waals surface area contributed by atoms with Gasteiger partial charge in [0, 0.05) is 24.7 Å². The maximum atomic E-state index is 12.7. The smallest absolute Gasteiger partial charge is 0.250 e. The Morgan fingerprint density at radius 1 is 1.30 bits per heavy atom. The van der Waals surface area contributed by atoms with E-state index in [0.717, 1.165) is 27.8 Å². The Hall–Kier alpha value is -2.00. The molecule has 2 aromatic heterocycles. The predicted octanol–water partition coefficient (Wildman–Crippen LogP) is 3.03. The first-order chi connectivity index (χ1) is 12.9. The third kappa shape index (κ3) is 3.70. The number of amides is 1. The SMILES string of the molecule is O=C1[C@@H](NS(=O)(=O)c2cccs2)CCN1Cc1ccc2nccc(Cl)c2c1. The van der Waals surface area contributed by atoms with E-state index < -0.39 is 16.1 Å². The number of thiophene rings is 1. The van der Waals surface area contributed by atoms with Crippen LogP contribution < -0.4 is 4.72 Å². The van der Waals surface area contributed by atoms with Crippen molar-refractivity contribution in [2.24, 2.45) is 0 Å². The van der Waals surface area contributed by atoms with Gasteiger partial charge in [0.1, 0.15) is 10.3 Å². The number of benzene rings is 1. The average Bonchev–Trinajstić information content (AvgIpc) is 3.29. The summed E-state index contributed by atoms with van der Waals surface area (Å²) in [6.45, 7) is 0.895. The van der Waals surface area contributed by atoms with Crippen molar-refractivity contribution in [2.45, 2.75) is 23.2 Å². The van der Waals surface area contributed by atoms with Gasteiger partial charge in [-0.15, -0.1) is 11.3 Å². The summed E-state index contributed by atoms with van der Waals surface area (Å²) in [5, 5.41) is 3.13. The van der Waals surface area contributed by atoms with Crippen molar-refractivity contribution < 1.29 is 13.2 Å². The van der Waals surface area contributed by atoms with E-state index >= 15 is 0 Å². The van der Waals surface area contributed by atoms with Crippen molar-refractivity contribution in [2.75, 3.05) is 6.54 Å². The van der Waals surface area contributed by atoms with Crippen molar-refractivity contribution >= 4 is 49.8 Å². The summed E-state index contributed by atoms with van der Waals surface area (Å²) in [5.74, 6) is -0.215. The highest BCUT2D eigenvalue weighted by Crippen LogP contribution is 2.25. The highest BCUT2D eigenvalue weighted by Gasteiger charge is 2.35. The lowest BCUT2D eigenvalue weighted by Gasteiger charge is -2.17. The maximum absolute atomic E-state index is 12.7. The zero-order valence-corrected chi connectivity index (χ0v) is 16.5. The van der Waals surface area contributed by atoms with Crippen LogP contribution in [0.15, 0.2) is 52.2 Å². The maximum Gasteiger partial charge on any atom is 0.250 e. The van der Waals surface area contributed by atoms with Crippen molar-refractivity contribution in [3.63, 3.8) is 0 Å². The molecule has 1 atom stereocenters. The third-order valence-electron chi connectivity index (χ3n) is 4.48. The number of carbonyl (C=O) groups is 1. The van der Waals surface area contributed by atoms with Crippen LogP contribution in [-0.2, 0) is 21.4 Å². The Morgan fingerprint density at radius 3 is 2.93 bits per heavy atom. The number of rotatable bonds is 5. The molecule has 27 heavy (non-hydrogen) atoms. The zero-order chi connectivity index (χ0) is 19.0. The van der Waals surface area contributed by atoms with Gasteiger partial charge in [0.05, 0.1) is 10.5 Å². The molecule has 0 spiro atoms. The molecule has 3 aromatic rings. The van der Waals surface area contributed by atoms with Crippen LogP contribution in [0.5, 0.6) is 0 Å². The normalized spacial score (nSPS) is 17.7. The molecule has 4 rings (SSSR count). The lowest BCUT2D eigenvalue weighted by molar-refractivity contribution is -0.129. The molecular weight excluding hydrogens is 406 g/mol. The Balaban J connectivity index is 1.49. The Labute approximate surface area is 165 Å². The van der Waals surface area contributed by atoms with Crippen molar-refractivity contribution in [1.29, 1.82) is 0 Å². The van der Waals surface area contributed by atoms with Crippen LogP contribution in [-0.4, -0.2) is 36.8 Å². The molecule has 1 amide bonds. The minimum Gasteiger partial charge on any atom is -0.337 e. The Kier molecular flexibility index (Phi) is 4.90. The average molecular weight is 422 g/mol. The number of sulfonamides is 1. The van der Waals surface area contributed by atoms with E-state index in [1.54, 1.807) is 28.6 Å². The molecule has 9 heteroatoms. The number of aromatic nitrogens is 1. The first-order valence-corrected chi connectivity index (χ1v) is 11.1. The Morgan fingerprint density at radius 2 is 2.15 bits per heavy atom. The van der Waals surface area contributed by atoms with E-state index in [-0.39, 0.29) is 10.1 Å². The lowest BCUT2D eigenvalue weighted by atomic mass is 10.1. The van der Waals surface area contributed by atoms with Crippen LogP contribution >= 0.6 is 22.9 Å². The van der Waals surface area contributed by atoms with Crippen molar-refractivity contribution in [3.8, 4) is 0 Å². The molecule has 1 aliphatic heterocycles. The number of hydrogen-bond acceptors (Lipinski definition) is 5. The number of hydrogen-bond donors (Lipinski definition) is 1. The standard InChI is InChI=1S/C18H16ClN3O3S2/c19-14-5-7-20-15-4-3-12(10-13(14)15)11-22-8-6-16(18(22)23)21-27(24,25)17-2-1-9-26-17/h1-5,7,9-10,16,21H,6,8,11H2/t16-/m0/s1. The lowest BCUT2D eigenvalue weighted by Crippen LogP contribution is -2.41. The summed E-state index contributed by atoms with van der Waals surface area (Å²) in [6, 6.07) is 9.88. The molecule has 6 nitrogen and oxygen atoms in total. The Bertz CT molecular complexity index is 1100. The first-order valence-electron chi connectivity index (χ1n) is 8.32. The van der Waals surface area contributed by atoms with Gasteiger partial charge in [-0.25, -0.2) is 8.42 Å². The van der Waals surface area contributed by atoms with E-state index in [4.69, 9.17) is 11.6 Å². The molecular formula is C18H16ClN3O3S2. The molecule has 1 aliphatic rings. The zero-order valence-electron chi connectivity index (χ0n) is 14.1. The molecule has 0 saturated carbocycles. The third-order valence-corrected chi connectivity index (χ3v) is 7.68. The van der Waals surface area contributed by atoms with Crippen LogP contribution in [0.3, 0.4) is 0 Å². The number of pyridine rings is 1. The molecule has 0 unspecified atom stereocenters. The van der Waals surface area contributed by atoms with Gasteiger partial charge in [0.25, 0.3) is 10.0 Å². The van der Waals surface area contributed by atoms with E-state index in [2.05, 4.69) is 9.71 Å². The fourth-order valence-corrected chi connectivity index (χ4v) is 5.59. The van der Waals surface area contributed by atoms with Crippen molar-refractivity contribution in [1.82, 2.24) is 14.6 Å². The van der Waals surface area contributed by atoms with E-state index in [1.807, 2.05) is 18.2 Å². The number of nitrogens with one attached hydrogen (secondary N) is 1. The highest BCUT2D eigenvalue weighted by molar-refractivity contribution is 7.91. The fourth-order valence-electron chi connectivity index (χ4n) is 3.15. The van der Waals surface area contributed by atoms with Gasteiger partial charge >= 0.3 is 0 Å². The van der Waals surface area contributed by atoms with E-state index in [9.17, 15) is 13.2 Å². The number of carbonyl (C=O) groups excluding carboxylic acids is 1. The van der Waals surface area contributed by atoms with Crippen LogP contribution in [0.4, 0.5) is 0 Å². The second-order valence-electron chi connectivity index (χ2n) is 6.30. The predicted molar refractivity (Wildman–Crippen MR) is 105 cm³/mol. The van der Waals surface area contributed by atoms with Gasteiger partial charge in [-0.3, -0.25) is 9.78 Å². The highest BCUT2D eigenvalue weighted by atomic mass is 35.5. The minimum atomic E-state index is -3.67. The molecule has 0 aliphatic carbocycles. The van der Waals surface area contributed by atoms with Crippen LogP contribution in [0.1, 0.15) is 12.0 Å². The van der Waals surface area contributed by atoms with Gasteiger partial charge in [-0.2, -0.15) is 4.72 Å². The number of likely N-dealkylation sites (tertiary alicyclic amines) is 1. The summed E-state index contributed by atoms with van der Waals surface area (Å²) in [6.07, 6.45) is 2.10. The topological polar surface area (TPSA) is 79.4 Å². The molecule has 1 aromatic carbocycles. The molecule has 1 fully saturated rings. The molecule has 1 N–H and O–H groups in total. The fraction of sp³-hybridized carbons (Fsp3) is 0.222. The van der Waals surface area contributed by atoms with Crippen LogP contribution in [0.25, 0.3) is 10.9 Å². The van der Waals surface area contributed by atoms with Crippen LogP contribution in [0, 0.1) is 0 Å². The summed E-state index contributed by atoms with van der Waals surface area (Å²) < 4.78 is 27.4. The number of halogens is 1. The quantitative estimate of drug-likeness (QED) is 0.686. The second-order valence-corrected chi connectivity index (χ2v) is 9.59. The summed E-state index contributed by atoms with van der Waals surface area (Å²) in [7, 11) is -3.67.